The van der Waals surface area contributed by atoms with Crippen molar-refractivity contribution in [3.8, 4) is 0 Å². The number of allylic oxidation sites excluding steroid dienone is 10. The highest BCUT2D eigenvalue weighted by atomic mass is 16.6. The van der Waals surface area contributed by atoms with Crippen LogP contribution in [0.4, 0.5) is 0 Å². The number of aliphatic hydroxyl groups excluding tert-OH is 1. The summed E-state index contributed by atoms with van der Waals surface area (Å²) in [7, 11) is 0. The summed E-state index contributed by atoms with van der Waals surface area (Å²) in [5, 5.41) is 9.67. The van der Waals surface area contributed by atoms with E-state index in [-0.39, 0.29) is 25.2 Å². The molecule has 0 aromatic rings. The van der Waals surface area contributed by atoms with Crippen LogP contribution < -0.4 is 0 Å². The number of rotatable bonds is 58. The molecule has 71 heavy (non-hydrogen) atoms. The lowest BCUT2D eigenvalue weighted by atomic mass is 10.0. The molecule has 0 amide bonds. The average Bonchev–Trinajstić information content (AvgIpc) is 3.37. The molecular weight excluding hydrogens is 873 g/mol. The second kappa shape index (κ2) is 61.9. The largest absolute Gasteiger partial charge is 0.462 e. The van der Waals surface area contributed by atoms with Crippen LogP contribution in [0.1, 0.15) is 328 Å². The van der Waals surface area contributed by atoms with Crippen LogP contribution in [0.3, 0.4) is 0 Å². The van der Waals surface area contributed by atoms with Gasteiger partial charge >= 0.3 is 11.9 Å². The molecule has 0 fully saturated rings. The van der Waals surface area contributed by atoms with Gasteiger partial charge in [0.15, 0.2) is 6.10 Å². The van der Waals surface area contributed by atoms with Crippen LogP contribution in [-0.4, -0.2) is 36.4 Å². The van der Waals surface area contributed by atoms with Crippen LogP contribution in [0.2, 0.25) is 0 Å². The number of esters is 2. The van der Waals surface area contributed by atoms with Gasteiger partial charge in [0.05, 0.1) is 6.61 Å². The molecule has 0 saturated carbocycles. The standard InChI is InChI=1S/C66H120O5/c1-3-5-7-9-11-13-15-17-19-21-23-25-27-29-30-31-32-33-34-35-37-38-40-42-44-46-48-50-52-54-56-58-60-65(68)70-63-64(62-67)71-66(69)61-59-57-55-53-51-49-47-45-43-41-39-36-28-26-24-22-20-18-16-14-12-10-8-6-4-2/h6,8,12,14,18,20,24,26,36,39,64,67H,3-5,7,9-11,13,15-17,19,21-23,25,27-35,37-38,40-63H2,1-2H3/b8-6-,14-12-,20-18-,26-24-,39-36-. The normalized spacial score (nSPS) is 12.5. The van der Waals surface area contributed by atoms with Gasteiger partial charge in [-0.25, -0.2) is 0 Å². The molecule has 5 heteroatoms. The molecule has 0 aliphatic heterocycles. The molecule has 0 radical (unpaired) electrons. The van der Waals surface area contributed by atoms with Crippen molar-refractivity contribution in [3.63, 3.8) is 0 Å². The average molecular weight is 994 g/mol. The molecule has 1 unspecified atom stereocenters. The smallest absolute Gasteiger partial charge is 0.306 e. The maximum Gasteiger partial charge on any atom is 0.306 e. The van der Waals surface area contributed by atoms with Crippen molar-refractivity contribution in [2.24, 2.45) is 0 Å². The van der Waals surface area contributed by atoms with Crippen LogP contribution in [-0.2, 0) is 19.1 Å². The second-order valence-corrected chi connectivity index (χ2v) is 21.1. The Balaban J connectivity index is 3.43. The maximum absolute atomic E-state index is 12.3. The number of carbonyl (C=O) groups excluding carboxylic acids is 2. The first-order valence-corrected chi connectivity index (χ1v) is 31.3. The molecule has 0 aromatic carbocycles. The fourth-order valence-electron chi connectivity index (χ4n) is 9.41. The quantitative estimate of drug-likeness (QED) is 0.0373. The van der Waals surface area contributed by atoms with E-state index in [2.05, 4.69) is 74.6 Å². The summed E-state index contributed by atoms with van der Waals surface area (Å²) in [4.78, 5) is 24.6. The monoisotopic (exact) mass is 993 g/mol. The Morgan fingerprint density at radius 1 is 0.338 bits per heavy atom. The summed E-state index contributed by atoms with van der Waals surface area (Å²) < 4.78 is 10.7. The van der Waals surface area contributed by atoms with Gasteiger partial charge < -0.3 is 14.6 Å². The Hall–Kier alpha value is -2.40. The van der Waals surface area contributed by atoms with Crippen molar-refractivity contribution in [1.29, 1.82) is 0 Å². The highest BCUT2D eigenvalue weighted by molar-refractivity contribution is 5.70. The van der Waals surface area contributed by atoms with Crippen molar-refractivity contribution in [1.82, 2.24) is 0 Å². The Kier molecular flexibility index (Phi) is 59.8. The van der Waals surface area contributed by atoms with Crippen molar-refractivity contribution >= 4 is 11.9 Å². The van der Waals surface area contributed by atoms with E-state index in [1.54, 1.807) is 0 Å². The molecule has 0 heterocycles. The second-order valence-electron chi connectivity index (χ2n) is 21.1. The minimum absolute atomic E-state index is 0.0664. The number of hydrogen-bond donors (Lipinski definition) is 1. The van der Waals surface area contributed by atoms with Gasteiger partial charge in [-0.05, 0) is 57.8 Å². The number of hydrogen-bond acceptors (Lipinski definition) is 5. The third-order valence-electron chi connectivity index (χ3n) is 14.1. The molecule has 5 nitrogen and oxygen atoms in total. The van der Waals surface area contributed by atoms with E-state index in [4.69, 9.17) is 9.47 Å². The van der Waals surface area contributed by atoms with Crippen molar-refractivity contribution in [2.45, 2.75) is 335 Å². The minimum Gasteiger partial charge on any atom is -0.462 e. The van der Waals surface area contributed by atoms with Gasteiger partial charge in [-0.2, -0.15) is 0 Å². The Labute approximate surface area is 442 Å². The SMILES string of the molecule is CC/C=C\C/C=C\C/C=C\C/C=C\C/C=C\CCCCCCCCCCCC(=O)OC(CO)COC(=O)CCCCCCCCCCCCCCCCCCCCCCCCCCCCCCCCCC. The predicted octanol–water partition coefficient (Wildman–Crippen LogP) is 21.4. The van der Waals surface area contributed by atoms with Crippen LogP contribution in [0.25, 0.3) is 0 Å². The van der Waals surface area contributed by atoms with Gasteiger partial charge in [-0.3, -0.25) is 9.59 Å². The van der Waals surface area contributed by atoms with Crippen LogP contribution in [0.15, 0.2) is 60.8 Å². The molecule has 0 saturated heterocycles. The summed E-state index contributed by atoms with van der Waals surface area (Å²) in [5.41, 5.74) is 0. The summed E-state index contributed by atoms with van der Waals surface area (Å²) in [6.45, 7) is 4.07. The van der Waals surface area contributed by atoms with E-state index in [1.165, 1.54) is 231 Å². The summed E-state index contributed by atoms with van der Waals surface area (Å²) in [6.07, 6.45) is 83.7. The summed E-state index contributed by atoms with van der Waals surface area (Å²) in [6, 6.07) is 0. The maximum atomic E-state index is 12.3. The lowest BCUT2D eigenvalue weighted by Crippen LogP contribution is -2.28. The fraction of sp³-hybridized carbons (Fsp3) is 0.818. The number of carbonyl (C=O) groups is 2. The topological polar surface area (TPSA) is 72.8 Å². The zero-order valence-electron chi connectivity index (χ0n) is 47.5. The number of ether oxygens (including phenoxy) is 2. The molecule has 0 bridgehead atoms. The molecule has 1 N–H and O–H groups in total. The van der Waals surface area contributed by atoms with E-state index in [0.717, 1.165) is 70.6 Å². The van der Waals surface area contributed by atoms with Gasteiger partial charge in [0.1, 0.15) is 6.61 Å². The molecule has 1 atom stereocenters. The molecule has 0 aliphatic rings. The first-order chi connectivity index (χ1) is 35.1. The molecule has 0 aliphatic carbocycles. The van der Waals surface area contributed by atoms with Gasteiger partial charge in [-0.1, -0.05) is 319 Å². The summed E-state index contributed by atoms with van der Waals surface area (Å²) >= 11 is 0. The highest BCUT2D eigenvalue weighted by Gasteiger charge is 2.16. The lowest BCUT2D eigenvalue weighted by Gasteiger charge is -2.15. The highest BCUT2D eigenvalue weighted by Crippen LogP contribution is 2.18. The Morgan fingerprint density at radius 3 is 0.915 bits per heavy atom. The van der Waals surface area contributed by atoms with Gasteiger partial charge in [0, 0.05) is 12.8 Å². The Morgan fingerprint density at radius 2 is 0.606 bits per heavy atom. The van der Waals surface area contributed by atoms with Crippen molar-refractivity contribution < 1.29 is 24.2 Å². The van der Waals surface area contributed by atoms with Crippen LogP contribution in [0.5, 0.6) is 0 Å². The van der Waals surface area contributed by atoms with Crippen molar-refractivity contribution in [3.05, 3.63) is 60.8 Å². The van der Waals surface area contributed by atoms with Crippen molar-refractivity contribution in [2.75, 3.05) is 13.2 Å². The molecule has 0 rings (SSSR count). The molecular formula is C66H120O5. The van der Waals surface area contributed by atoms with E-state index in [9.17, 15) is 14.7 Å². The molecule has 0 aromatic heterocycles. The fourth-order valence-corrected chi connectivity index (χ4v) is 9.41. The van der Waals surface area contributed by atoms with Gasteiger partial charge in [0.2, 0.25) is 0 Å². The lowest BCUT2D eigenvalue weighted by molar-refractivity contribution is -0.161. The van der Waals surface area contributed by atoms with E-state index in [1.807, 2.05) is 0 Å². The first kappa shape index (κ1) is 68.6. The minimum atomic E-state index is -0.777. The summed E-state index contributed by atoms with van der Waals surface area (Å²) in [5.74, 6) is -0.584. The van der Waals surface area contributed by atoms with Crippen LogP contribution >= 0.6 is 0 Å². The molecule has 0 spiro atoms. The van der Waals surface area contributed by atoms with Crippen LogP contribution in [0, 0.1) is 0 Å². The zero-order valence-corrected chi connectivity index (χ0v) is 47.5. The number of unbranched alkanes of at least 4 members (excludes halogenated alkanes) is 40. The van der Waals surface area contributed by atoms with Gasteiger partial charge in [0.25, 0.3) is 0 Å². The predicted molar refractivity (Wildman–Crippen MR) is 311 cm³/mol. The van der Waals surface area contributed by atoms with Gasteiger partial charge in [-0.15, -0.1) is 0 Å². The third kappa shape index (κ3) is 60.1. The molecule has 414 valence electrons. The number of aliphatic hydroxyl groups is 1. The van der Waals surface area contributed by atoms with E-state index >= 15 is 0 Å². The van der Waals surface area contributed by atoms with E-state index < -0.39 is 6.10 Å². The zero-order chi connectivity index (χ0) is 51.3. The Bertz CT molecular complexity index is 1210. The third-order valence-corrected chi connectivity index (χ3v) is 14.1. The van der Waals surface area contributed by atoms with E-state index in [0.29, 0.717) is 12.8 Å². The first-order valence-electron chi connectivity index (χ1n) is 31.3.